The summed E-state index contributed by atoms with van der Waals surface area (Å²) in [4.78, 5) is 4.18. The number of ether oxygens (including phenoxy) is 1. The summed E-state index contributed by atoms with van der Waals surface area (Å²) in [7, 11) is 1.65. The van der Waals surface area contributed by atoms with E-state index in [1.54, 1.807) is 7.11 Å². The molecule has 0 atom stereocenters. The molecule has 0 aliphatic carbocycles. The predicted octanol–water partition coefficient (Wildman–Crippen LogP) is 1.34. The maximum atomic E-state index is 5.42. The summed E-state index contributed by atoms with van der Waals surface area (Å²) in [5.41, 5.74) is 7.35. The maximum absolute atomic E-state index is 5.42. The van der Waals surface area contributed by atoms with Crippen molar-refractivity contribution in [2.24, 2.45) is 5.73 Å². The first-order valence-corrected chi connectivity index (χ1v) is 4.95. The lowest BCUT2D eigenvalue weighted by atomic mass is 10.1. The van der Waals surface area contributed by atoms with Gasteiger partial charge in [-0.25, -0.2) is 0 Å². The van der Waals surface area contributed by atoms with E-state index in [9.17, 15) is 0 Å². The van der Waals surface area contributed by atoms with E-state index in [0.717, 1.165) is 11.1 Å². The van der Waals surface area contributed by atoms with Gasteiger partial charge in [0.2, 0.25) is 11.7 Å². The van der Waals surface area contributed by atoms with Gasteiger partial charge >= 0.3 is 0 Å². The molecule has 0 saturated heterocycles. The monoisotopic (exact) mass is 219 g/mol. The van der Waals surface area contributed by atoms with Crippen molar-refractivity contribution in [2.75, 3.05) is 7.11 Å². The highest BCUT2D eigenvalue weighted by Gasteiger charge is 2.10. The fourth-order valence-corrected chi connectivity index (χ4v) is 1.47. The molecule has 0 bridgehead atoms. The fourth-order valence-electron chi connectivity index (χ4n) is 1.47. The predicted molar refractivity (Wildman–Crippen MR) is 58.3 cm³/mol. The van der Waals surface area contributed by atoms with Crippen molar-refractivity contribution in [2.45, 2.75) is 13.2 Å². The first-order valence-electron chi connectivity index (χ1n) is 4.95. The summed E-state index contributed by atoms with van der Waals surface area (Å²) < 4.78 is 10.1. The Morgan fingerprint density at radius 1 is 1.38 bits per heavy atom. The normalized spacial score (nSPS) is 10.6. The number of hydrogen-bond acceptors (Lipinski definition) is 5. The van der Waals surface area contributed by atoms with Crippen LogP contribution in [0.2, 0.25) is 0 Å². The number of rotatable bonds is 4. The lowest BCUT2D eigenvalue weighted by Crippen LogP contribution is -1.96. The summed E-state index contributed by atoms with van der Waals surface area (Å²) in [6, 6.07) is 7.77. The van der Waals surface area contributed by atoms with Crippen LogP contribution in [0.25, 0.3) is 11.4 Å². The third kappa shape index (κ3) is 2.10. The molecule has 0 amide bonds. The Morgan fingerprint density at radius 2 is 2.19 bits per heavy atom. The van der Waals surface area contributed by atoms with Gasteiger partial charge in [-0.2, -0.15) is 4.98 Å². The highest BCUT2D eigenvalue weighted by atomic mass is 16.5. The van der Waals surface area contributed by atoms with Gasteiger partial charge in [0.1, 0.15) is 0 Å². The van der Waals surface area contributed by atoms with E-state index >= 15 is 0 Å². The second-order valence-corrected chi connectivity index (χ2v) is 3.31. The largest absolute Gasteiger partial charge is 0.380 e. The van der Waals surface area contributed by atoms with E-state index in [-0.39, 0.29) is 6.54 Å². The Balaban J connectivity index is 2.38. The quantitative estimate of drug-likeness (QED) is 0.839. The molecule has 5 nitrogen and oxygen atoms in total. The van der Waals surface area contributed by atoms with Crippen LogP contribution in [0.1, 0.15) is 11.5 Å². The molecular formula is C11H13N3O2. The van der Waals surface area contributed by atoms with Crippen LogP contribution in [0.15, 0.2) is 28.8 Å². The Kier molecular flexibility index (Phi) is 3.28. The van der Waals surface area contributed by atoms with Gasteiger partial charge in [-0.1, -0.05) is 29.4 Å². The average molecular weight is 219 g/mol. The van der Waals surface area contributed by atoms with Crippen molar-refractivity contribution in [1.29, 1.82) is 0 Å². The van der Waals surface area contributed by atoms with E-state index in [2.05, 4.69) is 10.1 Å². The van der Waals surface area contributed by atoms with Gasteiger partial charge in [-0.3, -0.25) is 0 Å². The Labute approximate surface area is 93.2 Å². The summed E-state index contributed by atoms with van der Waals surface area (Å²) in [6.45, 7) is 0.766. The van der Waals surface area contributed by atoms with E-state index in [4.69, 9.17) is 15.0 Å². The molecule has 2 rings (SSSR count). The van der Waals surface area contributed by atoms with Gasteiger partial charge in [-0.05, 0) is 5.56 Å². The maximum Gasteiger partial charge on any atom is 0.240 e. The molecule has 0 saturated carbocycles. The van der Waals surface area contributed by atoms with Crippen LogP contribution in [-0.4, -0.2) is 17.3 Å². The molecule has 0 spiro atoms. The van der Waals surface area contributed by atoms with Gasteiger partial charge in [0.25, 0.3) is 0 Å². The average Bonchev–Trinajstić information content (AvgIpc) is 2.79. The van der Waals surface area contributed by atoms with Crippen LogP contribution < -0.4 is 5.73 Å². The molecule has 0 aliphatic rings. The van der Waals surface area contributed by atoms with Gasteiger partial charge in [-0.15, -0.1) is 0 Å². The van der Waals surface area contributed by atoms with Gasteiger partial charge in [0.15, 0.2) is 0 Å². The van der Waals surface area contributed by atoms with Crippen LogP contribution >= 0.6 is 0 Å². The van der Waals surface area contributed by atoms with Crippen molar-refractivity contribution >= 4 is 0 Å². The van der Waals surface area contributed by atoms with E-state index in [0.29, 0.717) is 18.3 Å². The number of nitrogens with two attached hydrogens (primary N) is 1. The molecule has 1 aromatic heterocycles. The molecule has 84 valence electrons. The Morgan fingerprint density at radius 3 is 2.88 bits per heavy atom. The zero-order valence-electron chi connectivity index (χ0n) is 9.01. The Bertz CT molecular complexity index is 468. The van der Waals surface area contributed by atoms with E-state index in [1.165, 1.54) is 0 Å². The van der Waals surface area contributed by atoms with Crippen LogP contribution in [0, 0.1) is 0 Å². The minimum atomic E-state index is 0.249. The number of benzene rings is 1. The molecule has 16 heavy (non-hydrogen) atoms. The number of nitrogens with zero attached hydrogens (tertiary/aromatic N) is 2. The molecule has 2 aromatic rings. The molecular weight excluding hydrogens is 206 g/mol. The van der Waals surface area contributed by atoms with Crippen molar-refractivity contribution in [3.05, 3.63) is 35.7 Å². The van der Waals surface area contributed by atoms with Crippen LogP contribution in [0.4, 0.5) is 0 Å². The first kappa shape index (κ1) is 10.8. The lowest BCUT2D eigenvalue weighted by molar-refractivity contribution is 0.185. The molecule has 0 radical (unpaired) electrons. The van der Waals surface area contributed by atoms with Crippen LogP contribution in [0.3, 0.4) is 0 Å². The standard InChI is InChI=1S/C11H13N3O2/c1-15-7-8-4-2-3-5-9(8)11-13-10(6-12)16-14-11/h2-5H,6-7,12H2,1H3. The van der Waals surface area contributed by atoms with Crippen molar-refractivity contribution in [1.82, 2.24) is 10.1 Å². The van der Waals surface area contributed by atoms with E-state index < -0.39 is 0 Å². The van der Waals surface area contributed by atoms with Gasteiger partial charge in [0.05, 0.1) is 13.2 Å². The topological polar surface area (TPSA) is 74.2 Å². The zero-order chi connectivity index (χ0) is 11.4. The second-order valence-electron chi connectivity index (χ2n) is 3.31. The van der Waals surface area contributed by atoms with Crippen LogP contribution in [-0.2, 0) is 17.9 Å². The highest BCUT2D eigenvalue weighted by molar-refractivity contribution is 5.59. The smallest absolute Gasteiger partial charge is 0.240 e. The fraction of sp³-hybridized carbons (Fsp3) is 0.273. The minimum Gasteiger partial charge on any atom is -0.380 e. The van der Waals surface area contributed by atoms with Crippen molar-refractivity contribution in [3.63, 3.8) is 0 Å². The SMILES string of the molecule is COCc1ccccc1-c1noc(CN)n1. The molecule has 1 aromatic carbocycles. The third-order valence-electron chi connectivity index (χ3n) is 2.20. The molecule has 0 unspecified atom stereocenters. The molecule has 1 heterocycles. The molecule has 5 heteroatoms. The summed E-state index contributed by atoms with van der Waals surface area (Å²) >= 11 is 0. The molecule has 2 N–H and O–H groups in total. The zero-order valence-corrected chi connectivity index (χ0v) is 9.01. The van der Waals surface area contributed by atoms with Gasteiger partial charge in [0, 0.05) is 12.7 Å². The van der Waals surface area contributed by atoms with Gasteiger partial charge < -0.3 is 15.0 Å². The summed E-state index contributed by atoms with van der Waals surface area (Å²) in [5, 5.41) is 3.88. The minimum absolute atomic E-state index is 0.249. The summed E-state index contributed by atoms with van der Waals surface area (Å²) in [5.74, 6) is 0.982. The molecule has 0 fully saturated rings. The number of methoxy groups -OCH3 is 1. The molecule has 0 aliphatic heterocycles. The van der Waals surface area contributed by atoms with Crippen LogP contribution in [0.5, 0.6) is 0 Å². The van der Waals surface area contributed by atoms with E-state index in [1.807, 2.05) is 24.3 Å². The summed E-state index contributed by atoms with van der Waals surface area (Å²) in [6.07, 6.45) is 0. The Hall–Kier alpha value is -1.72. The van der Waals surface area contributed by atoms with Crippen molar-refractivity contribution < 1.29 is 9.26 Å². The van der Waals surface area contributed by atoms with Crippen molar-refractivity contribution in [3.8, 4) is 11.4 Å². The second kappa shape index (κ2) is 4.87. The number of hydrogen-bond donors (Lipinski definition) is 1. The highest BCUT2D eigenvalue weighted by Crippen LogP contribution is 2.21. The third-order valence-corrected chi connectivity index (χ3v) is 2.20. The first-order chi connectivity index (χ1) is 7.85. The number of aromatic nitrogens is 2. The lowest BCUT2D eigenvalue weighted by Gasteiger charge is -2.03.